The summed E-state index contributed by atoms with van der Waals surface area (Å²) >= 11 is 0. The molecule has 0 fully saturated rings. The van der Waals surface area contributed by atoms with Gasteiger partial charge in [-0.25, -0.2) is 4.39 Å². The Labute approximate surface area is 70.3 Å². The SMILES string of the molecule is [CH+]=Cc1c(F)c(F)c(F)c(F)c1F. The number of hydrogen-bond donors (Lipinski definition) is 0. The van der Waals surface area contributed by atoms with Crippen molar-refractivity contribution in [2.75, 3.05) is 0 Å². The Kier molecular flexibility index (Phi) is 2.30. The lowest BCUT2D eigenvalue weighted by molar-refractivity contribution is 0.377. The molecule has 0 heterocycles. The normalized spacial score (nSPS) is 10.2. The summed E-state index contributed by atoms with van der Waals surface area (Å²) in [4.78, 5) is 0. The monoisotopic (exact) mass is 193 g/mol. The standard InChI is InChI=1S/C8H2F5/c1-2-3-4(9)6(11)8(13)7(12)5(3)10/h1-2H/q+1. The highest BCUT2D eigenvalue weighted by atomic mass is 19.2. The average Bonchev–Trinajstić information content (AvgIpc) is 2.13. The molecule has 0 amide bonds. The van der Waals surface area contributed by atoms with Gasteiger partial charge in [-0.2, -0.15) is 17.6 Å². The van der Waals surface area contributed by atoms with Crippen LogP contribution >= 0.6 is 0 Å². The van der Waals surface area contributed by atoms with Crippen molar-refractivity contribution in [3.05, 3.63) is 41.2 Å². The molecule has 0 N–H and O–H groups in total. The van der Waals surface area contributed by atoms with Crippen molar-refractivity contribution in [2.45, 2.75) is 0 Å². The second-order valence-corrected chi connectivity index (χ2v) is 2.15. The maximum atomic E-state index is 12.6. The first kappa shape index (κ1) is 9.61. The topological polar surface area (TPSA) is 0 Å². The Morgan fingerprint density at radius 2 is 1.00 bits per heavy atom. The summed E-state index contributed by atoms with van der Waals surface area (Å²) < 4.78 is 62.2. The van der Waals surface area contributed by atoms with E-state index in [1.807, 2.05) is 0 Å². The molecule has 0 saturated heterocycles. The van der Waals surface area contributed by atoms with E-state index in [0.29, 0.717) is 6.08 Å². The molecule has 68 valence electrons. The van der Waals surface area contributed by atoms with E-state index in [9.17, 15) is 22.0 Å². The summed E-state index contributed by atoms with van der Waals surface area (Å²) in [5, 5.41) is 0. The van der Waals surface area contributed by atoms with Crippen molar-refractivity contribution in [1.29, 1.82) is 0 Å². The van der Waals surface area contributed by atoms with E-state index in [1.54, 1.807) is 0 Å². The zero-order valence-corrected chi connectivity index (χ0v) is 6.04. The minimum atomic E-state index is -2.19. The van der Waals surface area contributed by atoms with E-state index < -0.39 is 34.6 Å². The van der Waals surface area contributed by atoms with Gasteiger partial charge in [-0.1, -0.05) is 0 Å². The quantitative estimate of drug-likeness (QED) is 0.278. The van der Waals surface area contributed by atoms with E-state index >= 15 is 0 Å². The molecule has 0 aromatic heterocycles. The van der Waals surface area contributed by atoms with Crippen molar-refractivity contribution in [3.63, 3.8) is 0 Å². The second-order valence-electron chi connectivity index (χ2n) is 2.15. The lowest BCUT2D eigenvalue weighted by Crippen LogP contribution is -2.03. The minimum Gasteiger partial charge on any atom is -0.200 e. The van der Waals surface area contributed by atoms with E-state index in [0.717, 1.165) is 0 Å². The van der Waals surface area contributed by atoms with Gasteiger partial charge in [-0.05, 0) is 0 Å². The largest absolute Gasteiger partial charge is 0.254 e. The minimum absolute atomic E-state index is 0.316. The lowest BCUT2D eigenvalue weighted by atomic mass is 10.1. The van der Waals surface area contributed by atoms with Gasteiger partial charge in [0, 0.05) is 6.58 Å². The lowest BCUT2D eigenvalue weighted by Gasteiger charge is -1.97. The highest BCUT2D eigenvalue weighted by Crippen LogP contribution is 2.23. The van der Waals surface area contributed by atoms with Crippen LogP contribution in [0.3, 0.4) is 0 Å². The molecule has 0 atom stereocenters. The van der Waals surface area contributed by atoms with Crippen molar-refractivity contribution >= 4 is 6.08 Å². The van der Waals surface area contributed by atoms with E-state index in [-0.39, 0.29) is 0 Å². The number of rotatable bonds is 1. The highest BCUT2D eigenvalue weighted by molar-refractivity contribution is 5.48. The molecule has 0 spiro atoms. The van der Waals surface area contributed by atoms with Crippen LogP contribution in [0.25, 0.3) is 6.08 Å². The van der Waals surface area contributed by atoms with E-state index in [1.165, 1.54) is 0 Å². The van der Waals surface area contributed by atoms with Gasteiger partial charge in [0.2, 0.25) is 17.5 Å². The van der Waals surface area contributed by atoms with Crippen LogP contribution in [0.1, 0.15) is 5.56 Å². The van der Waals surface area contributed by atoms with Crippen molar-refractivity contribution in [3.8, 4) is 0 Å². The van der Waals surface area contributed by atoms with Crippen molar-refractivity contribution in [2.24, 2.45) is 0 Å². The zero-order chi connectivity index (χ0) is 10.2. The van der Waals surface area contributed by atoms with E-state index in [4.69, 9.17) is 0 Å². The van der Waals surface area contributed by atoms with Crippen LogP contribution in [0.2, 0.25) is 0 Å². The van der Waals surface area contributed by atoms with Crippen molar-refractivity contribution in [1.82, 2.24) is 0 Å². The summed E-state index contributed by atoms with van der Waals surface area (Å²) in [6.07, 6.45) is 0.316. The average molecular weight is 193 g/mol. The molecular weight excluding hydrogens is 191 g/mol. The van der Waals surface area contributed by atoms with E-state index in [2.05, 4.69) is 6.58 Å². The van der Waals surface area contributed by atoms with Gasteiger partial charge in [-0.3, -0.25) is 0 Å². The summed E-state index contributed by atoms with van der Waals surface area (Å²) in [5.41, 5.74) is -1.13. The predicted octanol–water partition coefficient (Wildman–Crippen LogP) is 2.83. The molecule has 1 rings (SSSR count). The van der Waals surface area contributed by atoms with Crippen LogP contribution < -0.4 is 0 Å². The third kappa shape index (κ3) is 1.27. The molecule has 0 saturated carbocycles. The fourth-order valence-corrected chi connectivity index (χ4v) is 0.768. The Hall–Kier alpha value is -1.48. The highest BCUT2D eigenvalue weighted by Gasteiger charge is 2.29. The predicted molar refractivity (Wildman–Crippen MR) is 35.0 cm³/mol. The molecule has 0 bridgehead atoms. The first-order chi connectivity index (χ1) is 6.00. The van der Waals surface area contributed by atoms with Gasteiger partial charge < -0.3 is 0 Å². The Morgan fingerprint density at radius 3 is 1.31 bits per heavy atom. The fourth-order valence-electron chi connectivity index (χ4n) is 0.768. The van der Waals surface area contributed by atoms with Crippen LogP contribution in [-0.4, -0.2) is 0 Å². The van der Waals surface area contributed by atoms with Crippen LogP contribution in [0.4, 0.5) is 22.0 Å². The molecule has 0 nitrogen and oxygen atoms in total. The number of hydrogen-bond acceptors (Lipinski definition) is 0. The van der Waals surface area contributed by atoms with Gasteiger partial charge in [0.25, 0.3) is 11.6 Å². The first-order valence-corrected chi connectivity index (χ1v) is 3.07. The molecule has 1 aromatic rings. The van der Waals surface area contributed by atoms with Crippen molar-refractivity contribution < 1.29 is 22.0 Å². The van der Waals surface area contributed by atoms with Crippen LogP contribution in [0, 0.1) is 35.7 Å². The third-order valence-electron chi connectivity index (χ3n) is 1.41. The first-order valence-electron chi connectivity index (χ1n) is 3.07. The summed E-state index contributed by atoms with van der Waals surface area (Å²) in [6.45, 7) is 4.68. The van der Waals surface area contributed by atoms with Crippen LogP contribution in [0.15, 0.2) is 0 Å². The molecule has 1 aromatic carbocycles. The molecule has 0 aliphatic heterocycles. The zero-order valence-electron chi connectivity index (χ0n) is 6.04. The van der Waals surface area contributed by atoms with Gasteiger partial charge in [0.1, 0.15) is 0 Å². The third-order valence-corrected chi connectivity index (χ3v) is 1.41. The van der Waals surface area contributed by atoms with Crippen LogP contribution in [-0.2, 0) is 0 Å². The van der Waals surface area contributed by atoms with Gasteiger partial charge in [-0.15, -0.1) is 0 Å². The molecular formula is C8H2F5+. The maximum Gasteiger partial charge on any atom is 0.254 e. The Bertz CT molecular complexity index is 340. The molecule has 13 heavy (non-hydrogen) atoms. The molecule has 0 unspecified atom stereocenters. The summed E-state index contributed by atoms with van der Waals surface area (Å²) in [5.74, 6) is -10.1. The summed E-state index contributed by atoms with van der Waals surface area (Å²) in [7, 11) is 0. The van der Waals surface area contributed by atoms with Crippen LogP contribution in [0.5, 0.6) is 0 Å². The molecule has 0 radical (unpaired) electrons. The smallest absolute Gasteiger partial charge is 0.200 e. The maximum absolute atomic E-state index is 12.6. The molecule has 0 aliphatic rings. The van der Waals surface area contributed by atoms with Gasteiger partial charge >= 0.3 is 0 Å². The second kappa shape index (κ2) is 3.11. The molecule has 5 heteroatoms. The number of halogens is 5. The number of benzene rings is 1. The summed E-state index contributed by atoms with van der Waals surface area (Å²) in [6, 6.07) is 0. The Balaban J connectivity index is 3.66. The fraction of sp³-hybridized carbons (Fsp3) is 0. The van der Waals surface area contributed by atoms with Gasteiger partial charge in [0.05, 0.1) is 0 Å². The van der Waals surface area contributed by atoms with Gasteiger partial charge in [0.15, 0.2) is 11.6 Å². The Morgan fingerprint density at radius 1 is 0.692 bits per heavy atom. The molecule has 0 aliphatic carbocycles.